The van der Waals surface area contributed by atoms with E-state index >= 15 is 0 Å². The summed E-state index contributed by atoms with van der Waals surface area (Å²) in [5, 5.41) is 2.97. The zero-order chi connectivity index (χ0) is 24.5. The number of amides is 1. The molecule has 34 heavy (non-hydrogen) atoms. The second kappa shape index (κ2) is 10.1. The lowest BCUT2D eigenvalue weighted by molar-refractivity contribution is -0.194. The number of hydrogen-bond donors (Lipinski definition) is 3. The SMILES string of the molecule is CC1CC(C[C@@H](CNC(=O)C[C@H](c2cccnc2)C2(C(F)(F)F)CC2)N(C)C)CC2CNNC12. The number of carbonyl (C=O) groups excluding carboxylic acids is 1. The quantitative estimate of drug-likeness (QED) is 0.504. The summed E-state index contributed by atoms with van der Waals surface area (Å²) in [6, 6.07) is 3.97. The summed E-state index contributed by atoms with van der Waals surface area (Å²) in [6.45, 7) is 3.73. The van der Waals surface area contributed by atoms with Gasteiger partial charge in [0.05, 0.1) is 5.41 Å². The Labute approximate surface area is 200 Å². The minimum atomic E-state index is -4.33. The highest BCUT2D eigenvalue weighted by molar-refractivity contribution is 5.77. The predicted octanol–water partition coefficient (Wildman–Crippen LogP) is 3.47. The van der Waals surface area contributed by atoms with Crippen molar-refractivity contribution in [3.8, 4) is 0 Å². The lowest BCUT2D eigenvalue weighted by Gasteiger charge is -2.38. The fourth-order valence-corrected chi connectivity index (χ4v) is 6.31. The largest absolute Gasteiger partial charge is 0.395 e. The van der Waals surface area contributed by atoms with E-state index in [0.717, 1.165) is 25.8 Å². The third-order valence-corrected chi connectivity index (χ3v) is 8.46. The van der Waals surface area contributed by atoms with Crippen molar-refractivity contribution in [1.29, 1.82) is 0 Å². The molecule has 1 amide bonds. The molecular formula is C25H38F3N5O. The van der Waals surface area contributed by atoms with Gasteiger partial charge in [-0.1, -0.05) is 13.0 Å². The topological polar surface area (TPSA) is 69.3 Å². The van der Waals surface area contributed by atoms with Gasteiger partial charge in [0.25, 0.3) is 0 Å². The van der Waals surface area contributed by atoms with Crippen LogP contribution >= 0.6 is 0 Å². The zero-order valence-corrected chi connectivity index (χ0v) is 20.4. The zero-order valence-electron chi connectivity index (χ0n) is 20.4. The average Bonchev–Trinajstić information content (AvgIpc) is 3.46. The third-order valence-electron chi connectivity index (χ3n) is 8.46. The van der Waals surface area contributed by atoms with Gasteiger partial charge in [0, 0.05) is 49.9 Å². The molecule has 6 nitrogen and oxygen atoms in total. The minimum Gasteiger partial charge on any atom is -0.355 e. The van der Waals surface area contributed by atoms with Crippen LogP contribution in [0.3, 0.4) is 0 Å². The van der Waals surface area contributed by atoms with Gasteiger partial charge in [-0.2, -0.15) is 13.2 Å². The van der Waals surface area contributed by atoms with Crippen molar-refractivity contribution in [3.05, 3.63) is 30.1 Å². The molecule has 3 fully saturated rings. The van der Waals surface area contributed by atoms with E-state index in [9.17, 15) is 18.0 Å². The Morgan fingerprint density at radius 3 is 2.71 bits per heavy atom. The fourth-order valence-electron chi connectivity index (χ4n) is 6.31. The maximum atomic E-state index is 13.9. The third kappa shape index (κ3) is 5.41. The molecule has 3 aliphatic rings. The number of hydrogen-bond acceptors (Lipinski definition) is 5. The number of nitrogens with one attached hydrogen (secondary N) is 3. The van der Waals surface area contributed by atoms with E-state index in [1.807, 2.05) is 14.1 Å². The van der Waals surface area contributed by atoms with Crippen LogP contribution in [0.5, 0.6) is 0 Å². The molecule has 0 spiro atoms. The summed E-state index contributed by atoms with van der Waals surface area (Å²) < 4.78 is 41.8. The van der Waals surface area contributed by atoms with Crippen molar-refractivity contribution in [2.24, 2.45) is 23.2 Å². The molecule has 1 aromatic heterocycles. The van der Waals surface area contributed by atoms with Crippen LogP contribution in [-0.2, 0) is 4.79 Å². The summed E-state index contributed by atoms with van der Waals surface area (Å²) in [7, 11) is 4.01. The number of hydrazine groups is 1. The maximum absolute atomic E-state index is 13.9. The van der Waals surface area contributed by atoms with Crippen molar-refractivity contribution in [2.75, 3.05) is 27.2 Å². The predicted molar refractivity (Wildman–Crippen MR) is 125 cm³/mol. The van der Waals surface area contributed by atoms with Gasteiger partial charge >= 0.3 is 6.18 Å². The van der Waals surface area contributed by atoms with Gasteiger partial charge in [0.2, 0.25) is 5.91 Å². The van der Waals surface area contributed by atoms with E-state index in [-0.39, 0.29) is 31.2 Å². The molecule has 0 bridgehead atoms. The molecule has 1 aliphatic heterocycles. The molecule has 4 unspecified atom stereocenters. The molecule has 6 atom stereocenters. The molecule has 3 N–H and O–H groups in total. The molecule has 1 saturated heterocycles. The van der Waals surface area contributed by atoms with Gasteiger partial charge < -0.3 is 10.2 Å². The summed E-state index contributed by atoms with van der Waals surface area (Å²) in [5.74, 6) is 0.567. The summed E-state index contributed by atoms with van der Waals surface area (Å²) in [5.41, 5.74) is 5.37. The van der Waals surface area contributed by atoms with Crippen LogP contribution in [0, 0.1) is 23.2 Å². The summed E-state index contributed by atoms with van der Waals surface area (Å²) in [6.07, 6.45) is 1.91. The number of likely N-dealkylation sites (N-methyl/N-ethyl adjacent to an activating group) is 1. The first-order chi connectivity index (χ1) is 16.1. The lowest BCUT2D eigenvalue weighted by atomic mass is 9.71. The van der Waals surface area contributed by atoms with Crippen LogP contribution in [0.1, 0.15) is 56.9 Å². The van der Waals surface area contributed by atoms with Crippen LogP contribution in [0.4, 0.5) is 13.2 Å². The second-order valence-corrected chi connectivity index (χ2v) is 11.0. The minimum absolute atomic E-state index is 0.0649. The van der Waals surface area contributed by atoms with Crippen LogP contribution in [0.2, 0.25) is 0 Å². The van der Waals surface area contributed by atoms with Gasteiger partial charge in [-0.3, -0.25) is 20.6 Å². The molecule has 190 valence electrons. The van der Waals surface area contributed by atoms with Crippen LogP contribution in [0.15, 0.2) is 24.5 Å². The van der Waals surface area contributed by atoms with Crippen LogP contribution < -0.4 is 16.2 Å². The fraction of sp³-hybridized carbons (Fsp3) is 0.760. The highest BCUT2D eigenvalue weighted by Gasteiger charge is 2.67. The van der Waals surface area contributed by atoms with E-state index < -0.39 is 17.5 Å². The Bertz CT molecular complexity index is 830. The first kappa shape index (κ1) is 25.4. The van der Waals surface area contributed by atoms with Gasteiger partial charge in [-0.05, 0) is 75.6 Å². The lowest BCUT2D eigenvalue weighted by Crippen LogP contribution is -2.45. The Morgan fingerprint density at radius 1 is 1.32 bits per heavy atom. The monoisotopic (exact) mass is 481 g/mol. The number of carbonyl (C=O) groups is 1. The normalized spacial score (nSPS) is 30.0. The molecule has 2 heterocycles. The maximum Gasteiger partial charge on any atom is 0.395 e. The first-order valence-electron chi connectivity index (χ1n) is 12.5. The number of fused-ring (bicyclic) bond motifs is 1. The Morgan fingerprint density at radius 2 is 2.09 bits per heavy atom. The molecule has 4 rings (SSSR count). The number of aromatic nitrogens is 1. The van der Waals surface area contributed by atoms with Crippen molar-refractivity contribution < 1.29 is 18.0 Å². The molecular weight excluding hydrogens is 443 g/mol. The summed E-state index contributed by atoms with van der Waals surface area (Å²) in [4.78, 5) is 19.1. The van der Waals surface area contributed by atoms with Crippen LogP contribution in [-0.4, -0.2) is 61.2 Å². The van der Waals surface area contributed by atoms with Gasteiger partial charge in [0.15, 0.2) is 0 Å². The van der Waals surface area contributed by atoms with Gasteiger partial charge in [0.1, 0.15) is 0 Å². The van der Waals surface area contributed by atoms with Crippen molar-refractivity contribution >= 4 is 5.91 Å². The van der Waals surface area contributed by atoms with E-state index in [0.29, 0.717) is 35.9 Å². The van der Waals surface area contributed by atoms with Crippen molar-refractivity contribution in [1.82, 2.24) is 26.1 Å². The van der Waals surface area contributed by atoms with Crippen LogP contribution in [0.25, 0.3) is 0 Å². The Hall–Kier alpha value is -1.71. The highest BCUT2D eigenvalue weighted by Crippen LogP contribution is 2.66. The van der Waals surface area contributed by atoms with E-state index in [2.05, 4.69) is 33.0 Å². The smallest absolute Gasteiger partial charge is 0.355 e. The number of halogens is 3. The standard InChI is InChI=1S/C25H38F3N5O/c1-16-9-17(10-19-14-31-32-23(16)19)11-20(33(2)3)15-30-22(34)12-21(18-5-4-8-29-13-18)24(6-7-24)25(26,27)28/h4-5,8,13,16-17,19-21,23,31-32H,6-7,9-12,14-15H2,1-3H3,(H,30,34)/t16?,17?,19?,20-,21+,23?/m0/s1. The van der Waals surface area contributed by atoms with Gasteiger partial charge in [-0.15, -0.1) is 0 Å². The number of rotatable bonds is 9. The van der Waals surface area contributed by atoms with E-state index in [4.69, 9.17) is 0 Å². The average molecular weight is 482 g/mol. The molecule has 2 saturated carbocycles. The highest BCUT2D eigenvalue weighted by atomic mass is 19.4. The Kier molecular flexibility index (Phi) is 7.55. The van der Waals surface area contributed by atoms with E-state index in [1.54, 1.807) is 18.3 Å². The number of alkyl halides is 3. The molecule has 0 aromatic carbocycles. The molecule has 0 radical (unpaired) electrons. The Balaban J connectivity index is 1.37. The number of nitrogens with zero attached hydrogens (tertiary/aromatic N) is 2. The molecule has 2 aliphatic carbocycles. The second-order valence-electron chi connectivity index (χ2n) is 11.0. The first-order valence-corrected chi connectivity index (χ1v) is 12.5. The van der Waals surface area contributed by atoms with Crippen molar-refractivity contribution in [2.45, 2.75) is 69.6 Å². The number of pyridine rings is 1. The molecule has 9 heteroatoms. The van der Waals surface area contributed by atoms with E-state index in [1.165, 1.54) is 6.20 Å². The summed E-state index contributed by atoms with van der Waals surface area (Å²) >= 11 is 0. The van der Waals surface area contributed by atoms with Gasteiger partial charge in [-0.25, -0.2) is 0 Å². The molecule has 1 aromatic rings. The van der Waals surface area contributed by atoms with Crippen molar-refractivity contribution in [3.63, 3.8) is 0 Å².